The standard InChI is InChI=1S/C20H32N2O3/c1-3-13-24-17-5-4-10-22(15-17)20(23)19-7-6-18(25-19)14-21-11-8-16(2)9-12-21/h6-7,16-17H,3-5,8-15H2,1-2H3/t17-/m0/s1. The van der Waals surface area contributed by atoms with Crippen molar-refractivity contribution in [1.29, 1.82) is 0 Å². The van der Waals surface area contributed by atoms with E-state index in [0.29, 0.717) is 12.3 Å². The maximum Gasteiger partial charge on any atom is 0.289 e. The molecule has 5 heteroatoms. The Morgan fingerprint density at radius 2 is 2.04 bits per heavy atom. The molecule has 2 saturated heterocycles. The first kappa shape index (κ1) is 18.5. The van der Waals surface area contributed by atoms with E-state index in [0.717, 1.165) is 63.7 Å². The summed E-state index contributed by atoms with van der Waals surface area (Å²) in [5.74, 6) is 2.19. The summed E-state index contributed by atoms with van der Waals surface area (Å²) in [6.45, 7) is 9.72. The van der Waals surface area contributed by atoms with Gasteiger partial charge in [-0.05, 0) is 63.2 Å². The number of ether oxygens (including phenoxy) is 1. The first-order chi connectivity index (χ1) is 12.2. The quantitative estimate of drug-likeness (QED) is 0.789. The van der Waals surface area contributed by atoms with Crippen LogP contribution in [0.2, 0.25) is 0 Å². The second-order valence-electron chi connectivity index (χ2n) is 7.61. The molecule has 2 aliphatic rings. The molecule has 0 bridgehead atoms. The Bertz CT molecular complexity index is 549. The van der Waals surface area contributed by atoms with Gasteiger partial charge in [0.05, 0.1) is 12.6 Å². The van der Waals surface area contributed by atoms with Gasteiger partial charge in [0.1, 0.15) is 5.76 Å². The molecule has 1 atom stereocenters. The number of piperidine rings is 2. The van der Waals surface area contributed by atoms with E-state index in [1.54, 1.807) is 0 Å². The first-order valence-electron chi connectivity index (χ1n) is 9.87. The van der Waals surface area contributed by atoms with Crippen LogP contribution < -0.4 is 0 Å². The van der Waals surface area contributed by atoms with Crippen molar-refractivity contribution in [3.05, 3.63) is 23.7 Å². The topological polar surface area (TPSA) is 45.9 Å². The normalized spacial score (nSPS) is 23.1. The Balaban J connectivity index is 1.53. The van der Waals surface area contributed by atoms with Gasteiger partial charge in [-0.25, -0.2) is 0 Å². The summed E-state index contributed by atoms with van der Waals surface area (Å²) in [4.78, 5) is 17.0. The molecule has 0 saturated carbocycles. The van der Waals surface area contributed by atoms with Crippen LogP contribution in [0.1, 0.15) is 62.3 Å². The third-order valence-corrected chi connectivity index (χ3v) is 5.35. The lowest BCUT2D eigenvalue weighted by atomic mass is 9.99. The van der Waals surface area contributed by atoms with Crippen LogP contribution in [0.5, 0.6) is 0 Å². The first-order valence-corrected chi connectivity index (χ1v) is 9.87. The summed E-state index contributed by atoms with van der Waals surface area (Å²) in [5.41, 5.74) is 0. The lowest BCUT2D eigenvalue weighted by Gasteiger charge is -2.32. The van der Waals surface area contributed by atoms with Gasteiger partial charge in [-0.2, -0.15) is 0 Å². The fourth-order valence-corrected chi connectivity index (χ4v) is 3.72. The monoisotopic (exact) mass is 348 g/mol. The Kier molecular flexibility index (Phi) is 6.54. The number of carbonyl (C=O) groups is 1. The average molecular weight is 348 g/mol. The van der Waals surface area contributed by atoms with Crippen LogP contribution in [0.4, 0.5) is 0 Å². The average Bonchev–Trinajstić information content (AvgIpc) is 3.10. The van der Waals surface area contributed by atoms with Gasteiger partial charge < -0.3 is 14.1 Å². The minimum Gasteiger partial charge on any atom is -0.455 e. The summed E-state index contributed by atoms with van der Waals surface area (Å²) < 4.78 is 11.7. The molecule has 0 radical (unpaired) electrons. The van der Waals surface area contributed by atoms with E-state index in [2.05, 4.69) is 18.7 Å². The Hall–Kier alpha value is -1.33. The Morgan fingerprint density at radius 1 is 1.24 bits per heavy atom. The van der Waals surface area contributed by atoms with Crippen molar-refractivity contribution >= 4 is 5.91 Å². The molecule has 2 fully saturated rings. The van der Waals surface area contributed by atoms with Gasteiger partial charge in [-0.3, -0.25) is 9.69 Å². The molecule has 3 rings (SSSR count). The van der Waals surface area contributed by atoms with Crippen molar-refractivity contribution in [2.24, 2.45) is 5.92 Å². The van der Waals surface area contributed by atoms with E-state index in [-0.39, 0.29) is 12.0 Å². The SMILES string of the molecule is CCCO[C@H]1CCCN(C(=O)c2ccc(CN3CCC(C)CC3)o2)C1. The highest BCUT2D eigenvalue weighted by Crippen LogP contribution is 2.21. The predicted molar refractivity (Wildman–Crippen MR) is 97.6 cm³/mol. The summed E-state index contributed by atoms with van der Waals surface area (Å²) in [7, 11) is 0. The van der Waals surface area contributed by atoms with Crippen molar-refractivity contribution in [2.75, 3.05) is 32.8 Å². The molecule has 2 aliphatic heterocycles. The summed E-state index contributed by atoms with van der Waals surface area (Å²) in [6.07, 6.45) is 5.72. The molecule has 1 aromatic rings. The van der Waals surface area contributed by atoms with Crippen LogP contribution >= 0.6 is 0 Å². The number of nitrogens with zero attached hydrogens (tertiary/aromatic N) is 2. The van der Waals surface area contributed by atoms with Crippen LogP contribution in [0, 0.1) is 5.92 Å². The van der Waals surface area contributed by atoms with Gasteiger partial charge >= 0.3 is 0 Å². The van der Waals surface area contributed by atoms with Crippen LogP contribution in [0.3, 0.4) is 0 Å². The second kappa shape index (κ2) is 8.86. The lowest BCUT2D eigenvalue weighted by Crippen LogP contribution is -2.43. The van der Waals surface area contributed by atoms with E-state index in [1.165, 1.54) is 12.8 Å². The van der Waals surface area contributed by atoms with Crippen LogP contribution in [-0.2, 0) is 11.3 Å². The van der Waals surface area contributed by atoms with Crippen molar-refractivity contribution in [3.63, 3.8) is 0 Å². The molecule has 1 aromatic heterocycles. The van der Waals surface area contributed by atoms with E-state index in [9.17, 15) is 4.79 Å². The number of carbonyl (C=O) groups excluding carboxylic acids is 1. The zero-order valence-electron chi connectivity index (χ0n) is 15.7. The van der Waals surface area contributed by atoms with Crippen LogP contribution in [0.25, 0.3) is 0 Å². The highest BCUT2D eigenvalue weighted by atomic mass is 16.5. The Morgan fingerprint density at radius 3 is 2.80 bits per heavy atom. The smallest absolute Gasteiger partial charge is 0.289 e. The van der Waals surface area contributed by atoms with Crippen molar-refractivity contribution in [2.45, 2.75) is 58.6 Å². The zero-order valence-corrected chi connectivity index (χ0v) is 15.7. The van der Waals surface area contributed by atoms with Crippen molar-refractivity contribution in [1.82, 2.24) is 9.80 Å². The maximum absolute atomic E-state index is 12.7. The van der Waals surface area contributed by atoms with E-state index in [4.69, 9.17) is 9.15 Å². The zero-order chi connectivity index (χ0) is 17.6. The molecule has 3 heterocycles. The summed E-state index contributed by atoms with van der Waals surface area (Å²) in [6, 6.07) is 3.79. The number of amides is 1. The summed E-state index contributed by atoms with van der Waals surface area (Å²) in [5, 5.41) is 0. The van der Waals surface area contributed by atoms with E-state index >= 15 is 0 Å². The van der Waals surface area contributed by atoms with Gasteiger partial charge in [-0.1, -0.05) is 13.8 Å². The largest absolute Gasteiger partial charge is 0.455 e. The second-order valence-corrected chi connectivity index (χ2v) is 7.61. The fourth-order valence-electron chi connectivity index (χ4n) is 3.72. The lowest BCUT2D eigenvalue weighted by molar-refractivity contribution is 0.00107. The minimum atomic E-state index is 0.00307. The van der Waals surface area contributed by atoms with E-state index in [1.807, 2.05) is 17.0 Å². The van der Waals surface area contributed by atoms with Gasteiger partial charge in [0, 0.05) is 19.7 Å². The van der Waals surface area contributed by atoms with E-state index < -0.39 is 0 Å². The molecule has 0 aromatic carbocycles. The van der Waals surface area contributed by atoms with Gasteiger partial charge in [0.2, 0.25) is 0 Å². The number of rotatable bonds is 6. The number of furan rings is 1. The van der Waals surface area contributed by atoms with Crippen molar-refractivity contribution in [3.8, 4) is 0 Å². The highest BCUT2D eigenvalue weighted by Gasteiger charge is 2.27. The Labute approximate surface area is 151 Å². The van der Waals surface area contributed by atoms with Crippen LogP contribution in [-0.4, -0.2) is 54.6 Å². The minimum absolute atomic E-state index is 0.00307. The third-order valence-electron chi connectivity index (χ3n) is 5.35. The molecule has 0 aliphatic carbocycles. The molecule has 0 spiro atoms. The molecular formula is C20H32N2O3. The molecule has 1 amide bonds. The number of hydrogen-bond acceptors (Lipinski definition) is 4. The summed E-state index contributed by atoms with van der Waals surface area (Å²) >= 11 is 0. The molecule has 0 N–H and O–H groups in total. The predicted octanol–water partition coefficient (Wildman–Crippen LogP) is 3.54. The number of likely N-dealkylation sites (tertiary alicyclic amines) is 2. The molecular weight excluding hydrogens is 316 g/mol. The molecule has 25 heavy (non-hydrogen) atoms. The maximum atomic E-state index is 12.7. The molecule has 140 valence electrons. The number of hydrogen-bond donors (Lipinski definition) is 0. The molecule has 0 unspecified atom stereocenters. The highest BCUT2D eigenvalue weighted by molar-refractivity contribution is 5.91. The van der Waals surface area contributed by atoms with Crippen molar-refractivity contribution < 1.29 is 13.9 Å². The fraction of sp³-hybridized carbons (Fsp3) is 0.750. The van der Waals surface area contributed by atoms with Gasteiger partial charge in [0.15, 0.2) is 5.76 Å². The molecule has 5 nitrogen and oxygen atoms in total. The van der Waals surface area contributed by atoms with Crippen LogP contribution in [0.15, 0.2) is 16.5 Å². The van der Waals surface area contributed by atoms with Gasteiger partial charge in [-0.15, -0.1) is 0 Å². The third kappa shape index (κ3) is 5.08. The van der Waals surface area contributed by atoms with Gasteiger partial charge in [0.25, 0.3) is 5.91 Å².